The summed E-state index contributed by atoms with van der Waals surface area (Å²) in [5.74, 6) is 1.21. The highest BCUT2D eigenvalue weighted by Crippen LogP contribution is 2.26. The SMILES string of the molecule is COc1ccc(C(CNC(=O)c2ccc(=O)n(CCOc3ccccc3)n2)N2CCCC2)cc1. The van der Waals surface area contributed by atoms with Gasteiger partial charge in [0.1, 0.15) is 23.8 Å². The Morgan fingerprint density at radius 2 is 1.74 bits per heavy atom. The number of ether oxygens (including phenoxy) is 2. The van der Waals surface area contributed by atoms with Gasteiger partial charge in [-0.3, -0.25) is 14.5 Å². The van der Waals surface area contributed by atoms with Gasteiger partial charge in [-0.15, -0.1) is 0 Å². The first-order valence-corrected chi connectivity index (χ1v) is 11.6. The smallest absolute Gasteiger partial charge is 0.271 e. The minimum Gasteiger partial charge on any atom is -0.497 e. The van der Waals surface area contributed by atoms with Gasteiger partial charge in [-0.25, -0.2) is 4.68 Å². The standard InChI is InChI=1S/C26H30N4O4/c1-33-21-11-9-20(10-12-21)24(29-15-5-6-16-29)19-27-26(32)23-13-14-25(31)30(28-23)17-18-34-22-7-3-2-4-8-22/h2-4,7-14,24H,5-6,15-19H2,1H3,(H,27,32). The zero-order valence-electron chi connectivity index (χ0n) is 19.4. The number of likely N-dealkylation sites (tertiary alicyclic amines) is 1. The molecule has 2 heterocycles. The number of amides is 1. The van der Waals surface area contributed by atoms with Crippen LogP contribution in [-0.2, 0) is 6.54 Å². The number of aromatic nitrogens is 2. The van der Waals surface area contributed by atoms with Crippen LogP contribution in [0.2, 0.25) is 0 Å². The molecule has 34 heavy (non-hydrogen) atoms. The van der Waals surface area contributed by atoms with Crippen molar-refractivity contribution in [3.05, 3.63) is 88.3 Å². The molecular weight excluding hydrogens is 432 g/mol. The minimum atomic E-state index is -0.310. The Labute approximate surface area is 199 Å². The summed E-state index contributed by atoms with van der Waals surface area (Å²) < 4.78 is 12.2. The number of benzene rings is 2. The molecule has 0 aliphatic carbocycles. The van der Waals surface area contributed by atoms with Gasteiger partial charge < -0.3 is 14.8 Å². The summed E-state index contributed by atoms with van der Waals surface area (Å²) in [7, 11) is 1.65. The summed E-state index contributed by atoms with van der Waals surface area (Å²) in [6, 6.07) is 20.2. The first kappa shape index (κ1) is 23.5. The van der Waals surface area contributed by atoms with Crippen molar-refractivity contribution in [1.82, 2.24) is 20.0 Å². The van der Waals surface area contributed by atoms with Crippen molar-refractivity contribution in [3.63, 3.8) is 0 Å². The average molecular weight is 463 g/mol. The van der Waals surface area contributed by atoms with E-state index in [-0.39, 0.29) is 36.4 Å². The van der Waals surface area contributed by atoms with E-state index in [0.29, 0.717) is 6.54 Å². The molecule has 1 saturated heterocycles. The molecule has 2 aromatic carbocycles. The summed E-state index contributed by atoms with van der Waals surface area (Å²) >= 11 is 0. The Balaban J connectivity index is 1.40. The van der Waals surface area contributed by atoms with Gasteiger partial charge in [-0.05, 0) is 61.8 Å². The number of carbonyl (C=O) groups excluding carboxylic acids is 1. The van der Waals surface area contributed by atoms with Crippen LogP contribution in [0.25, 0.3) is 0 Å². The highest BCUT2D eigenvalue weighted by Gasteiger charge is 2.24. The summed E-state index contributed by atoms with van der Waals surface area (Å²) in [6.45, 7) is 2.96. The lowest BCUT2D eigenvalue weighted by molar-refractivity contribution is 0.0930. The molecule has 1 aliphatic rings. The molecular formula is C26H30N4O4. The Hall–Kier alpha value is -3.65. The van der Waals surface area contributed by atoms with E-state index in [1.54, 1.807) is 7.11 Å². The number of methoxy groups -OCH3 is 1. The normalized spacial score (nSPS) is 14.5. The van der Waals surface area contributed by atoms with Crippen LogP contribution in [0, 0.1) is 0 Å². The molecule has 4 rings (SSSR count). The first-order chi connectivity index (χ1) is 16.6. The topological polar surface area (TPSA) is 85.7 Å². The van der Waals surface area contributed by atoms with E-state index in [1.807, 2.05) is 54.6 Å². The van der Waals surface area contributed by atoms with E-state index < -0.39 is 0 Å². The lowest BCUT2D eigenvalue weighted by atomic mass is 10.1. The molecule has 1 atom stereocenters. The molecule has 1 aliphatic heterocycles. The highest BCUT2D eigenvalue weighted by atomic mass is 16.5. The molecule has 1 unspecified atom stereocenters. The molecule has 1 amide bonds. The van der Waals surface area contributed by atoms with E-state index >= 15 is 0 Å². The number of carbonyl (C=O) groups is 1. The average Bonchev–Trinajstić information content (AvgIpc) is 3.41. The van der Waals surface area contributed by atoms with Crippen LogP contribution in [0.3, 0.4) is 0 Å². The van der Waals surface area contributed by atoms with E-state index in [9.17, 15) is 9.59 Å². The maximum atomic E-state index is 12.9. The fourth-order valence-corrected chi connectivity index (χ4v) is 4.11. The maximum absolute atomic E-state index is 12.9. The molecule has 8 heteroatoms. The van der Waals surface area contributed by atoms with E-state index in [1.165, 1.54) is 16.8 Å². The number of rotatable bonds is 10. The third-order valence-corrected chi connectivity index (χ3v) is 5.95. The van der Waals surface area contributed by atoms with Crippen LogP contribution in [0.5, 0.6) is 11.5 Å². The Bertz CT molecular complexity index is 1130. The molecule has 1 N–H and O–H groups in total. The Morgan fingerprint density at radius 1 is 1.00 bits per heavy atom. The molecule has 3 aromatic rings. The van der Waals surface area contributed by atoms with Crippen LogP contribution in [0.1, 0.15) is 34.9 Å². The highest BCUT2D eigenvalue weighted by molar-refractivity contribution is 5.92. The zero-order chi connectivity index (χ0) is 23.8. The fraction of sp³-hybridized carbons (Fsp3) is 0.346. The second-order valence-corrected chi connectivity index (χ2v) is 8.18. The van der Waals surface area contributed by atoms with Crippen LogP contribution in [0.15, 0.2) is 71.5 Å². The lowest BCUT2D eigenvalue weighted by Gasteiger charge is -2.28. The third-order valence-electron chi connectivity index (χ3n) is 5.95. The van der Waals surface area contributed by atoms with Crippen molar-refractivity contribution >= 4 is 5.91 Å². The van der Waals surface area contributed by atoms with Crippen molar-refractivity contribution in [2.45, 2.75) is 25.4 Å². The number of nitrogens with one attached hydrogen (secondary N) is 1. The fourth-order valence-electron chi connectivity index (χ4n) is 4.11. The van der Waals surface area contributed by atoms with Crippen molar-refractivity contribution in [3.8, 4) is 11.5 Å². The molecule has 0 saturated carbocycles. The third kappa shape index (κ3) is 6.02. The van der Waals surface area contributed by atoms with Gasteiger partial charge in [-0.1, -0.05) is 30.3 Å². The Kier molecular flexibility index (Phi) is 7.93. The van der Waals surface area contributed by atoms with Gasteiger partial charge >= 0.3 is 0 Å². The number of nitrogens with zero attached hydrogens (tertiary/aromatic N) is 3. The van der Waals surface area contributed by atoms with Gasteiger partial charge in [0.2, 0.25) is 0 Å². The van der Waals surface area contributed by atoms with Crippen molar-refractivity contribution in [2.75, 3.05) is 33.4 Å². The molecule has 1 fully saturated rings. The summed E-state index contributed by atoms with van der Waals surface area (Å²) in [5.41, 5.74) is 1.05. The maximum Gasteiger partial charge on any atom is 0.271 e. The molecule has 178 valence electrons. The zero-order valence-corrected chi connectivity index (χ0v) is 19.4. The quantitative estimate of drug-likeness (QED) is 0.499. The van der Waals surface area contributed by atoms with Gasteiger partial charge in [0.25, 0.3) is 11.5 Å². The number of para-hydroxylation sites is 1. The minimum absolute atomic E-state index is 0.0579. The van der Waals surface area contributed by atoms with Gasteiger partial charge in [0, 0.05) is 12.6 Å². The van der Waals surface area contributed by atoms with Gasteiger partial charge in [0.15, 0.2) is 0 Å². The van der Waals surface area contributed by atoms with Crippen LogP contribution in [0.4, 0.5) is 0 Å². The molecule has 0 spiro atoms. The second-order valence-electron chi connectivity index (χ2n) is 8.18. The molecule has 1 aromatic heterocycles. The van der Waals surface area contributed by atoms with Crippen LogP contribution < -0.4 is 20.3 Å². The van der Waals surface area contributed by atoms with E-state index in [2.05, 4.69) is 15.3 Å². The Morgan fingerprint density at radius 3 is 2.44 bits per heavy atom. The van der Waals surface area contributed by atoms with Crippen molar-refractivity contribution in [1.29, 1.82) is 0 Å². The number of hydrogen-bond acceptors (Lipinski definition) is 6. The van der Waals surface area contributed by atoms with Crippen LogP contribution in [-0.4, -0.2) is 53.9 Å². The predicted molar refractivity (Wildman–Crippen MR) is 129 cm³/mol. The van der Waals surface area contributed by atoms with Gasteiger partial charge in [-0.2, -0.15) is 5.10 Å². The largest absolute Gasteiger partial charge is 0.497 e. The first-order valence-electron chi connectivity index (χ1n) is 11.6. The number of hydrogen-bond donors (Lipinski definition) is 1. The monoisotopic (exact) mass is 462 g/mol. The lowest BCUT2D eigenvalue weighted by Crippen LogP contribution is -2.38. The summed E-state index contributed by atoms with van der Waals surface area (Å²) in [4.78, 5) is 27.5. The van der Waals surface area contributed by atoms with Gasteiger partial charge in [0.05, 0.1) is 19.7 Å². The van der Waals surface area contributed by atoms with Crippen molar-refractivity contribution < 1.29 is 14.3 Å². The van der Waals surface area contributed by atoms with E-state index in [0.717, 1.165) is 43.0 Å². The van der Waals surface area contributed by atoms with Crippen LogP contribution >= 0.6 is 0 Å². The second kappa shape index (κ2) is 11.5. The summed E-state index contributed by atoms with van der Waals surface area (Å²) in [6.07, 6.45) is 2.30. The van der Waals surface area contributed by atoms with Crippen molar-refractivity contribution in [2.24, 2.45) is 0 Å². The molecule has 0 radical (unpaired) electrons. The molecule has 8 nitrogen and oxygen atoms in total. The van der Waals surface area contributed by atoms with E-state index in [4.69, 9.17) is 9.47 Å². The summed E-state index contributed by atoms with van der Waals surface area (Å²) in [5, 5.41) is 7.27. The predicted octanol–water partition coefficient (Wildman–Crippen LogP) is 2.90. The molecule has 0 bridgehead atoms.